The number of hydrogen-bond donors (Lipinski definition) is 0. The molecule has 0 N–H and O–H groups in total. The molecule has 1 aliphatic carbocycles. The summed E-state index contributed by atoms with van der Waals surface area (Å²) in [5.74, 6) is 0. The van der Waals surface area contributed by atoms with Gasteiger partial charge in [0.05, 0.1) is 0 Å². The van der Waals surface area contributed by atoms with Crippen LogP contribution in [0.4, 0.5) is 0 Å². The summed E-state index contributed by atoms with van der Waals surface area (Å²) in [6, 6.07) is 14.9. The molecule has 0 fully saturated rings. The van der Waals surface area contributed by atoms with Crippen molar-refractivity contribution >= 4 is 0 Å². The molecule has 0 spiro atoms. The molecule has 1 aliphatic rings. The molecule has 0 saturated heterocycles. The van der Waals surface area contributed by atoms with Gasteiger partial charge >= 0.3 is 0 Å². The molecular weight excluding hydrogens is 525 g/mol. The zero-order valence-electron chi connectivity index (χ0n) is 26.9. The molecule has 0 unspecified atom stereocenters. The fraction of sp³-hybridized carbons (Fsp3) is 0.588. The number of aromatic nitrogens is 1. The predicted molar refractivity (Wildman–Crippen MR) is 166 cm³/mol. The Hall–Kier alpha value is -1.27. The summed E-state index contributed by atoms with van der Waals surface area (Å²) in [6.07, 6.45) is 12.0. The van der Waals surface area contributed by atoms with E-state index in [2.05, 4.69) is 104 Å². The molecule has 0 amide bonds. The van der Waals surface area contributed by atoms with E-state index >= 15 is 0 Å². The number of aryl methyl sites for hydroxylation is 3. The summed E-state index contributed by atoms with van der Waals surface area (Å²) in [5, 5.41) is 0. The third-order valence-corrected chi connectivity index (χ3v) is 4.40. The first-order chi connectivity index (χ1) is 16.4. The van der Waals surface area contributed by atoms with Gasteiger partial charge in [0.1, 0.15) is 6.54 Å². The molecule has 36 heavy (non-hydrogen) atoms. The third kappa shape index (κ3) is 34.9. The fourth-order valence-electron chi connectivity index (χ4n) is 2.32. The van der Waals surface area contributed by atoms with Gasteiger partial charge in [0, 0.05) is 31.6 Å². The van der Waals surface area contributed by atoms with E-state index in [1.807, 2.05) is 45.9 Å². The van der Waals surface area contributed by atoms with Gasteiger partial charge in [0.2, 0.25) is 0 Å². The van der Waals surface area contributed by atoms with Gasteiger partial charge < -0.3 is 7.43 Å². The summed E-state index contributed by atoms with van der Waals surface area (Å²) < 4.78 is 2.12. The van der Waals surface area contributed by atoms with Gasteiger partial charge in [0.25, 0.3) is 0 Å². The van der Waals surface area contributed by atoms with Crippen molar-refractivity contribution in [1.29, 1.82) is 0 Å². The average Bonchev–Trinajstić information content (AvgIpc) is 2.89. The van der Waals surface area contributed by atoms with Crippen molar-refractivity contribution in [1.82, 2.24) is 0 Å². The molecule has 215 valence electrons. The average molecular weight is 591 g/mol. The number of fused-ring (bicyclic) bond motifs is 1. The van der Waals surface area contributed by atoms with Crippen LogP contribution in [0.15, 0.2) is 66.0 Å². The van der Waals surface area contributed by atoms with Gasteiger partial charge in [0.15, 0.2) is 12.4 Å². The van der Waals surface area contributed by atoms with Crippen molar-refractivity contribution in [3.8, 4) is 0 Å². The quantitative estimate of drug-likeness (QED) is 0.135. The van der Waals surface area contributed by atoms with E-state index < -0.39 is 0 Å². The summed E-state index contributed by atoms with van der Waals surface area (Å²) in [7, 11) is 0. The normalized spacial score (nSPS) is 9.25. The fourth-order valence-corrected chi connectivity index (χ4v) is 2.32. The molecule has 0 aliphatic heterocycles. The Morgan fingerprint density at radius 3 is 1.14 bits per heavy atom. The molecule has 1 aromatic carbocycles. The molecule has 1 aromatic heterocycles. The minimum absolute atomic E-state index is 0. The van der Waals surface area contributed by atoms with Crippen LogP contribution in [0.2, 0.25) is 0 Å². The van der Waals surface area contributed by atoms with E-state index in [9.17, 15) is 0 Å². The van der Waals surface area contributed by atoms with E-state index in [0.29, 0.717) is 0 Å². The Morgan fingerprint density at radius 2 is 0.917 bits per heavy atom. The monoisotopic (exact) mass is 590 g/mol. The predicted octanol–water partition coefficient (Wildman–Crippen LogP) is 11.3. The summed E-state index contributed by atoms with van der Waals surface area (Å²) in [4.78, 5) is 0. The molecule has 3 rings (SSSR count). The summed E-state index contributed by atoms with van der Waals surface area (Å²) >= 11 is 0. The van der Waals surface area contributed by atoms with Crippen molar-refractivity contribution in [2.75, 3.05) is 0 Å². The Balaban J connectivity index is -0.0000000792. The first-order valence-electron chi connectivity index (χ1n) is 14.0. The maximum atomic E-state index is 2.26. The molecule has 1 heterocycles. The number of rotatable bonds is 1. The van der Waals surface area contributed by atoms with E-state index in [-0.39, 0.29) is 26.9 Å². The van der Waals surface area contributed by atoms with Crippen LogP contribution in [0.5, 0.6) is 0 Å². The molecule has 2 heteroatoms. The second kappa shape index (κ2) is 40.9. The van der Waals surface area contributed by atoms with Crippen LogP contribution in [0.25, 0.3) is 0 Å². The Labute approximate surface area is 243 Å². The van der Waals surface area contributed by atoms with Gasteiger partial charge in [-0.05, 0) is 71.4 Å². The van der Waals surface area contributed by atoms with E-state index in [0.717, 1.165) is 6.54 Å². The SMILES string of the molecule is CC.CC.CC(C)=C(C)C.CCC.CCC.CC[n+]1ccccc1.[CH3-].[Rh].c1ccc2c(c1)CCCC2. The molecule has 0 bridgehead atoms. The topological polar surface area (TPSA) is 3.88 Å². The van der Waals surface area contributed by atoms with Crippen LogP contribution in [-0.2, 0) is 38.9 Å². The molecule has 1 nitrogen and oxygen atoms in total. The first kappa shape index (κ1) is 47.9. The molecule has 0 atom stereocenters. The van der Waals surface area contributed by atoms with Gasteiger partial charge in [-0.2, -0.15) is 0 Å². The van der Waals surface area contributed by atoms with Crippen LogP contribution in [-0.4, -0.2) is 0 Å². The van der Waals surface area contributed by atoms with Gasteiger partial charge in [-0.25, -0.2) is 4.57 Å². The second-order valence-corrected chi connectivity index (χ2v) is 8.10. The van der Waals surface area contributed by atoms with Crippen molar-refractivity contribution in [2.24, 2.45) is 0 Å². The Bertz CT molecular complexity index is 602. The number of pyridine rings is 1. The smallest absolute Gasteiger partial charge is 0.168 e. The molecule has 0 saturated carbocycles. The van der Waals surface area contributed by atoms with Crippen LogP contribution in [0.1, 0.15) is 127 Å². The minimum atomic E-state index is 0. The zero-order valence-corrected chi connectivity index (χ0v) is 28.6. The summed E-state index contributed by atoms with van der Waals surface area (Å²) in [5.41, 5.74) is 6.01. The summed E-state index contributed by atoms with van der Waals surface area (Å²) in [6.45, 7) is 28.2. The van der Waals surface area contributed by atoms with E-state index in [4.69, 9.17) is 0 Å². The van der Waals surface area contributed by atoms with Crippen LogP contribution in [0.3, 0.4) is 0 Å². The first-order valence-corrected chi connectivity index (χ1v) is 14.0. The van der Waals surface area contributed by atoms with Gasteiger partial charge in [-0.3, -0.25) is 0 Å². The van der Waals surface area contributed by atoms with Crippen molar-refractivity contribution in [3.05, 3.63) is 84.6 Å². The van der Waals surface area contributed by atoms with Crippen LogP contribution < -0.4 is 4.57 Å². The van der Waals surface area contributed by atoms with Gasteiger partial charge in [-0.15, -0.1) is 0 Å². The third-order valence-electron chi connectivity index (χ3n) is 4.40. The van der Waals surface area contributed by atoms with Crippen molar-refractivity contribution in [2.45, 2.75) is 135 Å². The molecule has 1 radical (unpaired) electrons. The number of allylic oxidation sites excluding steroid dienone is 2. The van der Waals surface area contributed by atoms with E-state index in [1.54, 1.807) is 11.1 Å². The number of hydrogen-bond acceptors (Lipinski definition) is 0. The standard InChI is InChI=1S/C10H12.C7H10N.C6H12.2C3H8.2C2H6.CH3.Rh/c1-2-6-10-8-4-3-7-9(10)5-1;1-2-8-6-4-3-5-7-8;1-5(2)6(3)4;2*1-3-2;2*1-2;;/h1-2,5-6H,3-4,7-8H2;3-7H,2H2,1H3;1-4H3;2*3H2,1-2H3;2*1-2H3;1H3;/q;+1;;;;;;-1;. The number of benzene rings is 1. The zero-order chi connectivity index (χ0) is 27.2. The minimum Gasteiger partial charge on any atom is -0.358 e. The van der Waals surface area contributed by atoms with E-state index in [1.165, 1.54) is 49.7 Å². The number of nitrogens with zero attached hydrogens (tertiary/aromatic N) is 1. The van der Waals surface area contributed by atoms with Crippen LogP contribution >= 0.6 is 0 Å². The van der Waals surface area contributed by atoms with Crippen molar-refractivity contribution < 1.29 is 24.0 Å². The molecule has 2 aromatic rings. The second-order valence-electron chi connectivity index (χ2n) is 8.10. The largest absolute Gasteiger partial charge is 0.358 e. The van der Waals surface area contributed by atoms with Crippen molar-refractivity contribution in [3.63, 3.8) is 0 Å². The van der Waals surface area contributed by atoms with Gasteiger partial charge in [-0.1, -0.05) is 110 Å². The Morgan fingerprint density at radius 1 is 0.611 bits per heavy atom. The van der Waals surface area contributed by atoms with Crippen LogP contribution in [0, 0.1) is 7.43 Å². The maximum absolute atomic E-state index is 2.26. The molecular formula is C34H65NRh. The Kier molecular flexibility index (Phi) is 54.4. The maximum Gasteiger partial charge on any atom is 0.168 e.